The summed E-state index contributed by atoms with van der Waals surface area (Å²) in [4.78, 5) is 0. The van der Waals surface area contributed by atoms with Gasteiger partial charge in [-0.25, -0.2) is 0 Å². The molecule has 0 heterocycles. The van der Waals surface area contributed by atoms with Crippen molar-refractivity contribution in [2.24, 2.45) is 0 Å². The van der Waals surface area contributed by atoms with Crippen molar-refractivity contribution in [1.82, 2.24) is 0 Å². The molecule has 6 rings (SSSR count). The van der Waals surface area contributed by atoms with Crippen LogP contribution in [0.25, 0.3) is 23.3 Å². The van der Waals surface area contributed by atoms with Crippen molar-refractivity contribution in [3.63, 3.8) is 0 Å². The van der Waals surface area contributed by atoms with E-state index < -0.39 is 16.1 Å². The summed E-state index contributed by atoms with van der Waals surface area (Å²) in [5.41, 5.74) is 27.0. The van der Waals surface area contributed by atoms with Crippen molar-refractivity contribution >= 4 is 28.3 Å². The Morgan fingerprint density at radius 2 is 0.705 bits per heavy atom. The van der Waals surface area contributed by atoms with Gasteiger partial charge in [-0.05, 0) is 136 Å². The van der Waals surface area contributed by atoms with Crippen LogP contribution in [0.1, 0.15) is 103 Å². The minimum atomic E-state index is -1.79. The quantitative estimate of drug-likeness (QED) is 0.294. The molecular weight excluding hydrogens is 561 g/mol. The van der Waals surface area contributed by atoms with E-state index in [4.69, 9.17) is 0 Å². The Balaban J connectivity index is 1.45. The van der Waals surface area contributed by atoms with Crippen molar-refractivity contribution in [3.05, 3.63) is 114 Å². The van der Waals surface area contributed by atoms with Crippen LogP contribution in [0.3, 0.4) is 0 Å². The summed E-state index contributed by atoms with van der Waals surface area (Å²) in [6.45, 7) is 34.5. The van der Waals surface area contributed by atoms with E-state index in [9.17, 15) is 0 Å². The van der Waals surface area contributed by atoms with Crippen molar-refractivity contribution in [2.75, 3.05) is 0 Å². The van der Waals surface area contributed by atoms with Crippen LogP contribution in [0.15, 0.2) is 92.1 Å². The van der Waals surface area contributed by atoms with Crippen LogP contribution < -0.4 is 0 Å². The second-order valence-electron chi connectivity index (χ2n) is 16.0. The van der Waals surface area contributed by atoms with Gasteiger partial charge in [0.2, 0.25) is 0 Å². The number of benzene rings is 2. The maximum Gasteiger partial charge on any atom is 0.0717 e. The summed E-state index contributed by atoms with van der Waals surface area (Å²) < 4.78 is 0. The van der Waals surface area contributed by atoms with E-state index in [1.54, 1.807) is 44.6 Å². The smallest absolute Gasteiger partial charge is 0.0679 e. The van der Waals surface area contributed by atoms with E-state index in [0.717, 1.165) is 0 Å². The first kappa shape index (κ1) is 31.3. The molecule has 0 fully saturated rings. The van der Waals surface area contributed by atoms with Gasteiger partial charge in [0, 0.05) is 11.1 Å². The summed E-state index contributed by atoms with van der Waals surface area (Å²) in [7, 11) is -3.58. The minimum Gasteiger partial charge on any atom is -0.0679 e. The minimum absolute atomic E-state index is 0.539. The van der Waals surface area contributed by atoms with Crippen LogP contribution in [-0.2, 0) is 0 Å². The van der Waals surface area contributed by atoms with Gasteiger partial charge in [-0.1, -0.05) is 108 Å². The van der Waals surface area contributed by atoms with Crippen molar-refractivity contribution < 1.29 is 0 Å². The average Bonchev–Trinajstić information content (AvgIpc) is 3.61. The number of fused-ring (bicyclic) bond motifs is 2. The Morgan fingerprint density at radius 3 is 1.00 bits per heavy atom. The molecule has 0 nitrogen and oxygen atoms in total. The topological polar surface area (TPSA) is 0 Å². The Kier molecular flexibility index (Phi) is 7.42. The highest BCUT2D eigenvalue weighted by atomic mass is 28.3. The number of allylic oxidation sites excluding steroid dienone is 10. The maximum atomic E-state index is 2.66. The summed E-state index contributed by atoms with van der Waals surface area (Å²) >= 11 is 0. The van der Waals surface area contributed by atoms with Gasteiger partial charge in [-0.3, -0.25) is 0 Å². The normalized spacial score (nSPS) is 23.0. The van der Waals surface area contributed by atoms with Gasteiger partial charge < -0.3 is 0 Å². The number of hydrogen-bond acceptors (Lipinski definition) is 0. The molecule has 0 saturated carbocycles. The van der Waals surface area contributed by atoms with Crippen molar-refractivity contribution in [1.29, 1.82) is 0 Å². The lowest BCUT2D eigenvalue weighted by atomic mass is 9.92. The van der Waals surface area contributed by atoms with Crippen LogP contribution in [0.2, 0.25) is 37.3 Å². The molecule has 0 saturated heterocycles. The van der Waals surface area contributed by atoms with E-state index in [0.29, 0.717) is 22.2 Å². The largest absolute Gasteiger partial charge is 0.0717 e. The van der Waals surface area contributed by atoms with Crippen molar-refractivity contribution in [2.45, 2.75) is 118 Å². The van der Waals surface area contributed by atoms with Gasteiger partial charge in [0.15, 0.2) is 0 Å². The lowest BCUT2D eigenvalue weighted by Gasteiger charge is -2.39. The van der Waals surface area contributed by atoms with E-state index in [2.05, 4.69) is 144 Å². The summed E-state index contributed by atoms with van der Waals surface area (Å²) in [6.07, 6.45) is 5.12. The molecule has 4 aliphatic carbocycles. The molecule has 0 spiro atoms. The molecule has 0 N–H and O–H groups in total. The fraction of sp³-hybridized carbons (Fsp3) is 0.429. The summed E-state index contributed by atoms with van der Waals surface area (Å²) in [5.74, 6) is 0. The molecule has 2 aromatic carbocycles. The lowest BCUT2D eigenvalue weighted by Crippen LogP contribution is -2.41. The second-order valence-corrected chi connectivity index (χ2v) is 25.6. The molecule has 44 heavy (non-hydrogen) atoms. The zero-order chi connectivity index (χ0) is 32.2. The molecule has 0 amide bonds. The molecule has 2 unspecified atom stereocenters. The maximum absolute atomic E-state index is 2.66. The molecule has 2 aromatic rings. The Morgan fingerprint density at radius 1 is 0.409 bits per heavy atom. The Labute approximate surface area is 270 Å². The van der Waals surface area contributed by atoms with Gasteiger partial charge in [0.25, 0.3) is 0 Å². The fourth-order valence-electron chi connectivity index (χ4n) is 10.8. The third kappa shape index (κ3) is 4.19. The van der Waals surface area contributed by atoms with Gasteiger partial charge in [0.05, 0.1) is 16.1 Å². The third-order valence-electron chi connectivity index (χ3n) is 13.0. The van der Waals surface area contributed by atoms with Gasteiger partial charge in [-0.2, -0.15) is 0 Å². The second kappa shape index (κ2) is 10.4. The van der Waals surface area contributed by atoms with Gasteiger partial charge in [-0.15, -0.1) is 0 Å². The molecular formula is C42H54Si2. The molecule has 4 aliphatic rings. The lowest BCUT2D eigenvalue weighted by molar-refractivity contribution is 0.970. The standard InChI is InChI=1S/C42H54Si2/c1-23-21-37-33(17-15-19-35(37)39(23)43(11,12)41-29(7)25(3)26(4)30(41)8)34-18-16-20-36-38(34)22-24(2)40(36)44(13,14)42-31(9)27(5)28(6)32(42)10/h15-22,39-42H,1-14H3. The van der Waals surface area contributed by atoms with Crippen LogP contribution in [0, 0.1) is 0 Å². The zero-order valence-electron chi connectivity index (χ0n) is 29.9. The first-order valence-corrected chi connectivity index (χ1v) is 23.2. The first-order chi connectivity index (χ1) is 20.5. The van der Waals surface area contributed by atoms with E-state index >= 15 is 0 Å². The molecule has 0 aliphatic heterocycles. The molecule has 0 bridgehead atoms. The van der Waals surface area contributed by atoms with Crippen LogP contribution >= 0.6 is 0 Å². The Bertz CT molecular complexity index is 1630. The highest BCUT2D eigenvalue weighted by molar-refractivity contribution is 6.83. The molecule has 0 aromatic heterocycles. The third-order valence-corrected chi connectivity index (χ3v) is 22.3. The van der Waals surface area contributed by atoms with E-state index in [1.807, 2.05) is 0 Å². The first-order valence-electron chi connectivity index (χ1n) is 16.9. The highest BCUT2D eigenvalue weighted by Crippen LogP contribution is 2.58. The predicted octanol–water partition coefficient (Wildman–Crippen LogP) is 13.0. The number of hydrogen-bond donors (Lipinski definition) is 0. The van der Waals surface area contributed by atoms with Gasteiger partial charge in [0.1, 0.15) is 0 Å². The summed E-state index contributed by atoms with van der Waals surface area (Å²) in [6, 6.07) is 14.4. The highest BCUT2D eigenvalue weighted by Gasteiger charge is 2.49. The Hall–Kier alpha value is -2.69. The zero-order valence-corrected chi connectivity index (χ0v) is 31.9. The predicted molar refractivity (Wildman–Crippen MR) is 201 cm³/mol. The van der Waals surface area contributed by atoms with Gasteiger partial charge >= 0.3 is 0 Å². The van der Waals surface area contributed by atoms with E-state index in [1.165, 1.54) is 44.5 Å². The van der Waals surface area contributed by atoms with Crippen LogP contribution in [0.5, 0.6) is 0 Å². The van der Waals surface area contributed by atoms with Crippen molar-refractivity contribution in [3.8, 4) is 11.1 Å². The SMILES string of the molecule is CC1=Cc2c(-c3cccc4c3C=C(C)C4[Si](C)(C)C3C(C)=C(C)C(C)=C3C)cccc2C1[Si](C)(C)C1C(C)=C(C)C(C)=C1C. The fourth-order valence-corrected chi connectivity index (χ4v) is 21.4. The molecule has 2 atom stereocenters. The molecule has 230 valence electrons. The van der Waals surface area contributed by atoms with E-state index in [-0.39, 0.29) is 0 Å². The average molecular weight is 615 g/mol. The molecule has 0 radical (unpaired) electrons. The monoisotopic (exact) mass is 614 g/mol. The van der Waals surface area contributed by atoms with Crippen LogP contribution in [0.4, 0.5) is 0 Å². The molecule has 2 heteroatoms. The number of rotatable bonds is 5. The van der Waals surface area contributed by atoms with Crippen LogP contribution in [-0.4, -0.2) is 16.1 Å². The summed E-state index contributed by atoms with van der Waals surface area (Å²) in [5, 5.41) is 0.